The van der Waals surface area contributed by atoms with Crippen LogP contribution in [0, 0.1) is 5.95 Å². The number of aromatic amines is 1. The molecule has 0 saturated heterocycles. The third kappa shape index (κ3) is 4.53. The van der Waals surface area contributed by atoms with E-state index in [1.807, 2.05) is 12.1 Å². The van der Waals surface area contributed by atoms with Gasteiger partial charge in [-0.3, -0.25) is 4.79 Å². The number of aryl methyl sites for hydroxylation is 2. The molecule has 0 aliphatic rings. The highest BCUT2D eigenvalue weighted by Crippen LogP contribution is 2.22. The van der Waals surface area contributed by atoms with Crippen LogP contribution in [-0.4, -0.2) is 40.0 Å². The van der Waals surface area contributed by atoms with Crippen molar-refractivity contribution in [2.75, 3.05) is 14.2 Å². The van der Waals surface area contributed by atoms with Gasteiger partial charge < -0.3 is 15.0 Å². The lowest BCUT2D eigenvalue weighted by molar-refractivity contribution is 0.0963. The minimum absolute atomic E-state index is 0.217. The molecule has 2 N–H and O–H groups in total. The first-order chi connectivity index (χ1) is 15.1. The Morgan fingerprint density at radius 3 is 2.71 bits per heavy atom. The molecular weight excluding hydrogens is 397 g/mol. The molecule has 0 radical (unpaired) electrons. The molecule has 4 rings (SSSR count). The predicted molar refractivity (Wildman–Crippen MR) is 115 cm³/mol. The monoisotopic (exact) mass is 419 g/mol. The van der Waals surface area contributed by atoms with Gasteiger partial charge in [0, 0.05) is 54.8 Å². The van der Waals surface area contributed by atoms with Gasteiger partial charge in [0.2, 0.25) is 11.8 Å². The Morgan fingerprint density at radius 2 is 2.00 bits per heavy atom. The quantitative estimate of drug-likeness (QED) is 0.449. The second kappa shape index (κ2) is 8.91. The van der Waals surface area contributed by atoms with Crippen LogP contribution in [-0.2, 0) is 19.3 Å². The van der Waals surface area contributed by atoms with Crippen LogP contribution < -0.4 is 10.1 Å². The van der Waals surface area contributed by atoms with Gasteiger partial charge in [0.25, 0.3) is 5.91 Å². The molecule has 0 fully saturated rings. The normalized spacial score (nSPS) is 10.9. The predicted octanol–water partition coefficient (Wildman–Crippen LogP) is 3.24. The van der Waals surface area contributed by atoms with Crippen molar-refractivity contribution < 1.29 is 13.9 Å². The van der Waals surface area contributed by atoms with Gasteiger partial charge in [-0.15, -0.1) is 0 Å². The standard InChI is InChI=1S/C23H22FN5O2/c1-25-23(30)17-10-19-16(12-27-22(19)28-13-17)9-15-5-7-18(29-21(15)24)6-3-14-4-8-20(31-2)26-11-14/h4-5,7-8,10-13H,3,6,9H2,1-2H3,(H,25,30)(H,27,28). The van der Waals surface area contributed by atoms with Crippen LogP contribution in [0.1, 0.15) is 32.7 Å². The number of fused-ring (bicyclic) bond motifs is 1. The van der Waals surface area contributed by atoms with Crippen molar-refractivity contribution in [3.8, 4) is 5.88 Å². The zero-order valence-electron chi connectivity index (χ0n) is 17.3. The third-order valence-corrected chi connectivity index (χ3v) is 5.15. The van der Waals surface area contributed by atoms with Gasteiger partial charge in [0.05, 0.1) is 12.7 Å². The summed E-state index contributed by atoms with van der Waals surface area (Å²) in [6.45, 7) is 0. The number of halogens is 1. The summed E-state index contributed by atoms with van der Waals surface area (Å²) < 4.78 is 19.8. The number of H-pyrrole nitrogens is 1. The van der Waals surface area contributed by atoms with Gasteiger partial charge in [-0.2, -0.15) is 4.39 Å². The highest BCUT2D eigenvalue weighted by molar-refractivity contribution is 5.97. The molecule has 0 bridgehead atoms. The number of carbonyl (C=O) groups is 1. The Balaban J connectivity index is 1.48. The van der Waals surface area contributed by atoms with Crippen molar-refractivity contribution >= 4 is 16.9 Å². The summed E-state index contributed by atoms with van der Waals surface area (Å²) in [5.74, 6) is -0.145. The van der Waals surface area contributed by atoms with Crippen LogP contribution in [0.2, 0.25) is 0 Å². The number of carbonyl (C=O) groups excluding carboxylic acids is 1. The minimum atomic E-state index is -0.491. The second-order valence-electron chi connectivity index (χ2n) is 7.15. The Kier molecular flexibility index (Phi) is 5.88. The van der Waals surface area contributed by atoms with Gasteiger partial charge in [0.15, 0.2) is 0 Å². The molecule has 0 aromatic carbocycles. The van der Waals surface area contributed by atoms with E-state index >= 15 is 0 Å². The summed E-state index contributed by atoms with van der Waals surface area (Å²) in [6.07, 6.45) is 6.71. The fourth-order valence-corrected chi connectivity index (χ4v) is 3.40. The fraction of sp³-hybridized carbons (Fsp3) is 0.217. The summed E-state index contributed by atoms with van der Waals surface area (Å²) >= 11 is 0. The van der Waals surface area contributed by atoms with Crippen molar-refractivity contribution in [1.82, 2.24) is 25.3 Å². The first kappa shape index (κ1) is 20.5. The zero-order chi connectivity index (χ0) is 21.8. The van der Waals surface area contributed by atoms with Gasteiger partial charge >= 0.3 is 0 Å². The molecule has 0 spiro atoms. The SMILES string of the molecule is CNC(=O)c1cnc2[nH]cc(Cc3ccc(CCc4ccc(OC)nc4)nc3F)c2c1. The van der Waals surface area contributed by atoms with Crippen molar-refractivity contribution in [1.29, 1.82) is 0 Å². The van der Waals surface area contributed by atoms with Crippen LogP contribution in [0.15, 0.2) is 48.9 Å². The summed E-state index contributed by atoms with van der Waals surface area (Å²) in [4.78, 5) is 27.6. The third-order valence-electron chi connectivity index (χ3n) is 5.15. The maximum Gasteiger partial charge on any atom is 0.252 e. The largest absolute Gasteiger partial charge is 0.481 e. The van der Waals surface area contributed by atoms with Crippen molar-refractivity contribution in [3.05, 3.63) is 82.8 Å². The van der Waals surface area contributed by atoms with Gasteiger partial charge in [-0.1, -0.05) is 12.1 Å². The molecule has 0 aliphatic carbocycles. The van der Waals surface area contributed by atoms with E-state index in [1.165, 1.54) is 6.20 Å². The molecule has 0 saturated carbocycles. The van der Waals surface area contributed by atoms with Gasteiger partial charge in [-0.25, -0.2) is 15.0 Å². The minimum Gasteiger partial charge on any atom is -0.481 e. The van der Waals surface area contributed by atoms with E-state index in [2.05, 4.69) is 25.3 Å². The van der Waals surface area contributed by atoms with E-state index < -0.39 is 5.95 Å². The number of nitrogens with zero attached hydrogens (tertiary/aromatic N) is 3. The number of hydrogen-bond donors (Lipinski definition) is 2. The highest BCUT2D eigenvalue weighted by Gasteiger charge is 2.13. The molecule has 4 heterocycles. The average Bonchev–Trinajstić information content (AvgIpc) is 3.21. The molecule has 8 heteroatoms. The van der Waals surface area contributed by atoms with Crippen LogP contribution >= 0.6 is 0 Å². The Morgan fingerprint density at radius 1 is 1.13 bits per heavy atom. The van der Waals surface area contributed by atoms with Crippen LogP contribution in [0.4, 0.5) is 4.39 Å². The summed E-state index contributed by atoms with van der Waals surface area (Å²) in [5, 5.41) is 3.37. The molecule has 4 aromatic heterocycles. The number of aromatic nitrogens is 4. The number of hydrogen-bond acceptors (Lipinski definition) is 5. The van der Waals surface area contributed by atoms with E-state index in [1.54, 1.807) is 44.8 Å². The lowest BCUT2D eigenvalue weighted by Crippen LogP contribution is -2.17. The Bertz CT molecular complexity index is 1220. The van der Waals surface area contributed by atoms with Gasteiger partial charge in [-0.05, 0) is 36.1 Å². The lowest BCUT2D eigenvalue weighted by atomic mass is 10.0. The lowest BCUT2D eigenvalue weighted by Gasteiger charge is -2.06. The van der Waals surface area contributed by atoms with Crippen molar-refractivity contribution in [2.24, 2.45) is 0 Å². The topological polar surface area (TPSA) is 92.8 Å². The number of nitrogens with one attached hydrogen (secondary N) is 2. The smallest absolute Gasteiger partial charge is 0.252 e. The van der Waals surface area contributed by atoms with E-state index in [9.17, 15) is 9.18 Å². The molecule has 0 aliphatic heterocycles. The average molecular weight is 419 g/mol. The van der Waals surface area contributed by atoms with E-state index in [-0.39, 0.29) is 5.91 Å². The number of methoxy groups -OCH3 is 1. The van der Waals surface area contributed by atoms with Crippen LogP contribution in [0.5, 0.6) is 5.88 Å². The zero-order valence-corrected chi connectivity index (χ0v) is 17.3. The molecule has 0 unspecified atom stereocenters. The highest BCUT2D eigenvalue weighted by atomic mass is 19.1. The molecule has 4 aromatic rings. The summed E-state index contributed by atoms with van der Waals surface area (Å²) in [5.41, 5.74) is 4.16. The fourth-order valence-electron chi connectivity index (χ4n) is 3.40. The van der Waals surface area contributed by atoms with E-state index in [0.717, 1.165) is 16.5 Å². The van der Waals surface area contributed by atoms with Crippen LogP contribution in [0.25, 0.3) is 11.0 Å². The molecule has 7 nitrogen and oxygen atoms in total. The Hall–Kier alpha value is -3.81. The molecule has 0 atom stereocenters. The van der Waals surface area contributed by atoms with Gasteiger partial charge in [0.1, 0.15) is 5.65 Å². The van der Waals surface area contributed by atoms with Crippen LogP contribution in [0.3, 0.4) is 0 Å². The number of ether oxygens (including phenoxy) is 1. The molecule has 1 amide bonds. The number of pyridine rings is 3. The molecule has 158 valence electrons. The van der Waals surface area contributed by atoms with E-state index in [4.69, 9.17) is 4.74 Å². The summed E-state index contributed by atoms with van der Waals surface area (Å²) in [7, 11) is 3.14. The van der Waals surface area contributed by atoms with Crippen molar-refractivity contribution in [2.45, 2.75) is 19.3 Å². The van der Waals surface area contributed by atoms with Crippen molar-refractivity contribution in [3.63, 3.8) is 0 Å². The first-order valence-electron chi connectivity index (χ1n) is 9.88. The number of rotatable bonds is 7. The summed E-state index contributed by atoms with van der Waals surface area (Å²) in [6, 6.07) is 9.11. The molecule has 31 heavy (non-hydrogen) atoms. The van der Waals surface area contributed by atoms with E-state index in [0.29, 0.717) is 47.6 Å². The number of amides is 1. The first-order valence-corrected chi connectivity index (χ1v) is 9.88. The molecular formula is C23H22FN5O2. The maximum absolute atomic E-state index is 14.7. The maximum atomic E-state index is 14.7. The second-order valence-corrected chi connectivity index (χ2v) is 7.15. The Labute approximate surface area is 178 Å².